The van der Waals surface area contributed by atoms with E-state index in [2.05, 4.69) is 170 Å². The van der Waals surface area contributed by atoms with E-state index >= 15 is 0 Å². The van der Waals surface area contributed by atoms with Gasteiger partial charge in [0.2, 0.25) is 0 Å². The Morgan fingerprint density at radius 2 is 0.833 bits per heavy atom. The number of hydrogen-bond donors (Lipinski definition) is 0. The first-order valence-corrected chi connectivity index (χ1v) is 18.5. The molecule has 0 atom stereocenters. The van der Waals surface area contributed by atoms with Crippen molar-refractivity contribution < 1.29 is 8.83 Å². The highest BCUT2D eigenvalue weighted by Crippen LogP contribution is 2.51. The standard InChI is InChI=1S/C52H30O2/c1-3-17-33-31(14-1)16-13-26-36(33)45-30-53-52-44(29-47-50(51(45)52)42-25-11-12-27-46(42)54-47)49-40-23-9-7-21-38(40)48(39-22-8-10-24-41(39)49)43-28-32-15-2-4-18-34(32)35-19-5-6-20-37(35)43/h1-30H. The summed E-state index contributed by atoms with van der Waals surface area (Å²) >= 11 is 0. The fourth-order valence-electron chi connectivity index (χ4n) is 9.24. The zero-order chi connectivity index (χ0) is 35.3. The van der Waals surface area contributed by atoms with Gasteiger partial charge in [-0.15, -0.1) is 0 Å². The first-order valence-electron chi connectivity index (χ1n) is 18.5. The van der Waals surface area contributed by atoms with Crippen LogP contribution in [0.5, 0.6) is 0 Å². The SMILES string of the molecule is c1ccc2c(-c3coc4c(-c5c6ccccc6c(-c6cc7ccccc7c7ccccc67)c6ccccc56)cc5oc6ccccc6c5c34)cccc2c1. The van der Waals surface area contributed by atoms with Crippen LogP contribution in [0.25, 0.3) is 120 Å². The molecule has 2 nitrogen and oxygen atoms in total. The molecule has 0 bridgehead atoms. The highest BCUT2D eigenvalue weighted by molar-refractivity contribution is 6.31. The van der Waals surface area contributed by atoms with Crippen LogP contribution in [0.1, 0.15) is 0 Å². The van der Waals surface area contributed by atoms with Crippen LogP contribution < -0.4 is 0 Å². The third kappa shape index (κ3) is 4.05. The highest BCUT2D eigenvalue weighted by Gasteiger charge is 2.25. The monoisotopic (exact) mass is 686 g/mol. The Hall–Kier alpha value is -7.16. The average molecular weight is 687 g/mol. The summed E-state index contributed by atoms with van der Waals surface area (Å²) < 4.78 is 13.6. The molecule has 0 unspecified atom stereocenters. The number of hydrogen-bond acceptors (Lipinski definition) is 2. The van der Waals surface area contributed by atoms with Crippen LogP contribution in [-0.4, -0.2) is 0 Å². The molecule has 0 fully saturated rings. The number of para-hydroxylation sites is 1. The van der Waals surface area contributed by atoms with Crippen LogP contribution in [-0.2, 0) is 0 Å². The van der Waals surface area contributed by atoms with Crippen molar-refractivity contribution in [1.82, 2.24) is 0 Å². The van der Waals surface area contributed by atoms with E-state index in [-0.39, 0.29) is 0 Å². The summed E-state index contributed by atoms with van der Waals surface area (Å²) in [4.78, 5) is 0. The largest absolute Gasteiger partial charge is 0.463 e. The summed E-state index contributed by atoms with van der Waals surface area (Å²) in [5.74, 6) is 0. The van der Waals surface area contributed by atoms with Crippen molar-refractivity contribution in [3.05, 3.63) is 182 Å². The fraction of sp³-hybridized carbons (Fsp3) is 0. The molecule has 0 aliphatic carbocycles. The van der Waals surface area contributed by atoms with Crippen molar-refractivity contribution in [1.29, 1.82) is 0 Å². The molecule has 54 heavy (non-hydrogen) atoms. The molecular weight excluding hydrogens is 657 g/mol. The van der Waals surface area contributed by atoms with Gasteiger partial charge < -0.3 is 8.83 Å². The molecular formula is C52H30O2. The summed E-state index contributed by atoms with van der Waals surface area (Å²) in [5.41, 5.74) is 9.41. The van der Waals surface area contributed by atoms with E-state index < -0.39 is 0 Å². The second kappa shape index (κ2) is 11.2. The Kier molecular flexibility index (Phi) is 6.09. The van der Waals surface area contributed by atoms with Crippen LogP contribution in [0.4, 0.5) is 0 Å². The van der Waals surface area contributed by atoms with E-state index in [0.717, 1.165) is 55.2 Å². The minimum atomic E-state index is 0.847. The molecule has 2 heterocycles. The molecule has 0 radical (unpaired) electrons. The Labute approximate surface area is 310 Å². The van der Waals surface area contributed by atoms with Gasteiger partial charge in [-0.25, -0.2) is 0 Å². The van der Waals surface area contributed by atoms with E-state index in [1.54, 1.807) is 0 Å². The average Bonchev–Trinajstić information content (AvgIpc) is 3.84. The fourth-order valence-corrected chi connectivity index (χ4v) is 9.24. The minimum Gasteiger partial charge on any atom is -0.463 e. The summed E-state index contributed by atoms with van der Waals surface area (Å²) in [7, 11) is 0. The Morgan fingerprint density at radius 3 is 1.56 bits per heavy atom. The van der Waals surface area contributed by atoms with Crippen LogP contribution >= 0.6 is 0 Å². The molecule has 2 heteroatoms. The zero-order valence-corrected chi connectivity index (χ0v) is 29.1. The molecule has 250 valence electrons. The van der Waals surface area contributed by atoms with E-state index in [0.29, 0.717) is 0 Å². The predicted molar refractivity (Wildman–Crippen MR) is 227 cm³/mol. The van der Waals surface area contributed by atoms with E-state index in [9.17, 15) is 0 Å². The summed E-state index contributed by atoms with van der Waals surface area (Å²) in [6.45, 7) is 0. The van der Waals surface area contributed by atoms with Gasteiger partial charge in [0.25, 0.3) is 0 Å². The van der Waals surface area contributed by atoms with Gasteiger partial charge in [-0.2, -0.15) is 0 Å². The number of furan rings is 2. The molecule has 2 aromatic heterocycles. The van der Waals surface area contributed by atoms with Gasteiger partial charge in [0.1, 0.15) is 16.7 Å². The number of benzene rings is 10. The Bertz CT molecular complexity index is 3440. The first kappa shape index (κ1) is 29.4. The van der Waals surface area contributed by atoms with E-state index in [1.165, 1.54) is 65.0 Å². The molecule has 0 amide bonds. The molecule has 0 N–H and O–H groups in total. The molecule has 0 saturated heterocycles. The molecule has 0 aliphatic rings. The van der Waals surface area contributed by atoms with Gasteiger partial charge in [0.15, 0.2) is 0 Å². The Morgan fingerprint density at radius 1 is 0.296 bits per heavy atom. The first-order chi connectivity index (χ1) is 26.8. The lowest BCUT2D eigenvalue weighted by Gasteiger charge is -2.20. The van der Waals surface area contributed by atoms with E-state index in [1.807, 2.05) is 12.3 Å². The van der Waals surface area contributed by atoms with Crippen molar-refractivity contribution in [2.24, 2.45) is 0 Å². The maximum atomic E-state index is 6.84. The molecule has 0 saturated carbocycles. The summed E-state index contributed by atoms with van der Waals surface area (Å²) in [5, 5.41) is 15.4. The molecule has 12 rings (SSSR count). The summed E-state index contributed by atoms with van der Waals surface area (Å²) in [6, 6.07) is 63.4. The second-order valence-corrected chi connectivity index (χ2v) is 14.3. The number of fused-ring (bicyclic) bond motifs is 11. The van der Waals surface area contributed by atoms with Gasteiger partial charge >= 0.3 is 0 Å². The second-order valence-electron chi connectivity index (χ2n) is 14.3. The summed E-state index contributed by atoms with van der Waals surface area (Å²) in [6.07, 6.45) is 1.96. The lowest BCUT2D eigenvalue weighted by molar-refractivity contribution is 0.617. The minimum absolute atomic E-state index is 0.847. The van der Waals surface area contributed by atoms with Crippen LogP contribution in [0.3, 0.4) is 0 Å². The quantitative estimate of drug-likeness (QED) is 0.137. The molecule has 0 spiro atoms. The van der Waals surface area contributed by atoms with Crippen molar-refractivity contribution in [3.63, 3.8) is 0 Å². The van der Waals surface area contributed by atoms with Gasteiger partial charge in [0.05, 0.1) is 6.26 Å². The lowest BCUT2D eigenvalue weighted by Crippen LogP contribution is -1.93. The topological polar surface area (TPSA) is 26.3 Å². The van der Waals surface area contributed by atoms with Crippen LogP contribution in [0.15, 0.2) is 191 Å². The maximum Gasteiger partial charge on any atom is 0.143 e. The van der Waals surface area contributed by atoms with E-state index in [4.69, 9.17) is 8.83 Å². The highest BCUT2D eigenvalue weighted by atomic mass is 16.3. The van der Waals surface area contributed by atoms with Crippen LogP contribution in [0, 0.1) is 0 Å². The van der Waals surface area contributed by atoms with Gasteiger partial charge in [0, 0.05) is 32.8 Å². The zero-order valence-electron chi connectivity index (χ0n) is 29.1. The van der Waals surface area contributed by atoms with Gasteiger partial charge in [-0.3, -0.25) is 0 Å². The third-order valence-corrected chi connectivity index (χ3v) is 11.5. The van der Waals surface area contributed by atoms with Crippen LogP contribution in [0.2, 0.25) is 0 Å². The molecule has 0 aliphatic heterocycles. The lowest BCUT2D eigenvalue weighted by atomic mass is 9.83. The normalized spacial score (nSPS) is 12.1. The maximum absolute atomic E-state index is 6.84. The van der Waals surface area contributed by atoms with Gasteiger partial charge in [-0.1, -0.05) is 158 Å². The smallest absolute Gasteiger partial charge is 0.143 e. The van der Waals surface area contributed by atoms with Crippen molar-refractivity contribution in [2.75, 3.05) is 0 Å². The van der Waals surface area contributed by atoms with Crippen molar-refractivity contribution in [3.8, 4) is 33.4 Å². The van der Waals surface area contributed by atoms with Gasteiger partial charge in [-0.05, 0) is 88.8 Å². The molecule has 12 aromatic rings. The Balaban J connectivity index is 1.25. The third-order valence-electron chi connectivity index (χ3n) is 11.5. The predicted octanol–water partition coefficient (Wildman–Crippen LogP) is 15.1. The number of rotatable bonds is 3. The van der Waals surface area contributed by atoms with Crippen molar-refractivity contribution in [2.45, 2.75) is 0 Å². The van der Waals surface area contributed by atoms with Crippen molar-refractivity contribution >= 4 is 86.8 Å². The molecule has 10 aromatic carbocycles.